The lowest BCUT2D eigenvalue weighted by molar-refractivity contribution is -0.112. The third kappa shape index (κ3) is 1.97. The van der Waals surface area contributed by atoms with Gasteiger partial charge in [0.05, 0.1) is 29.8 Å². The Bertz CT molecular complexity index is 562. The number of amides is 1. The summed E-state index contributed by atoms with van der Waals surface area (Å²) in [7, 11) is 0. The summed E-state index contributed by atoms with van der Waals surface area (Å²) in [5.74, 6) is -1.39. The SMILES string of the molecule is N#CCC(O)C(O)c1ccc2c(c1)C(=O)C(=O)N2. The standard InChI is InChI=1S/C12H10N2O4/c13-4-3-9(15)10(16)6-1-2-8-7(5-6)11(17)12(18)14-8/h1-2,5,9-10,15-16H,3H2,(H,14,17,18). The molecule has 1 heterocycles. The van der Waals surface area contributed by atoms with Crippen molar-refractivity contribution in [3.8, 4) is 6.07 Å². The second-order valence-corrected chi connectivity index (χ2v) is 3.96. The van der Waals surface area contributed by atoms with Gasteiger partial charge < -0.3 is 15.5 Å². The normalized spacial score (nSPS) is 16.7. The summed E-state index contributed by atoms with van der Waals surface area (Å²) in [5, 5.41) is 30.1. The molecule has 92 valence electrons. The molecule has 2 unspecified atom stereocenters. The van der Waals surface area contributed by atoms with Crippen LogP contribution in [-0.2, 0) is 4.79 Å². The van der Waals surface area contributed by atoms with Gasteiger partial charge in [-0.2, -0.15) is 5.26 Å². The number of rotatable bonds is 3. The van der Waals surface area contributed by atoms with Crippen LogP contribution in [0, 0.1) is 11.3 Å². The number of aliphatic hydroxyl groups excluding tert-OH is 2. The van der Waals surface area contributed by atoms with E-state index in [1.54, 1.807) is 6.07 Å². The van der Waals surface area contributed by atoms with Crippen molar-refractivity contribution in [2.24, 2.45) is 0 Å². The Morgan fingerprint density at radius 2 is 2.06 bits per heavy atom. The van der Waals surface area contributed by atoms with Gasteiger partial charge in [0.25, 0.3) is 11.7 Å². The van der Waals surface area contributed by atoms with E-state index in [2.05, 4.69) is 5.32 Å². The minimum atomic E-state index is -1.27. The van der Waals surface area contributed by atoms with E-state index in [9.17, 15) is 19.8 Å². The molecule has 0 spiro atoms. The molecule has 1 aliphatic rings. The Balaban J connectivity index is 2.31. The first-order chi connectivity index (χ1) is 8.54. The van der Waals surface area contributed by atoms with Crippen molar-refractivity contribution in [1.82, 2.24) is 0 Å². The Morgan fingerprint density at radius 1 is 1.33 bits per heavy atom. The number of fused-ring (bicyclic) bond motifs is 1. The largest absolute Gasteiger partial charge is 0.389 e. The Labute approximate surface area is 102 Å². The van der Waals surface area contributed by atoms with Gasteiger partial charge in [-0.25, -0.2) is 0 Å². The highest BCUT2D eigenvalue weighted by Gasteiger charge is 2.29. The molecule has 6 heteroatoms. The van der Waals surface area contributed by atoms with Gasteiger partial charge in [0.2, 0.25) is 0 Å². The summed E-state index contributed by atoms with van der Waals surface area (Å²) in [6.45, 7) is 0. The van der Waals surface area contributed by atoms with Gasteiger partial charge in [0.15, 0.2) is 0 Å². The molecular weight excluding hydrogens is 236 g/mol. The van der Waals surface area contributed by atoms with Gasteiger partial charge in [0.1, 0.15) is 6.10 Å². The number of nitrogens with one attached hydrogen (secondary N) is 1. The summed E-state index contributed by atoms with van der Waals surface area (Å²) in [6.07, 6.45) is -2.71. The van der Waals surface area contributed by atoms with E-state index in [0.717, 1.165) is 0 Å². The van der Waals surface area contributed by atoms with Crippen LogP contribution in [0.25, 0.3) is 0 Å². The maximum atomic E-state index is 11.5. The number of Topliss-reactive ketones (excluding diaryl/α,β-unsaturated/α-hetero) is 1. The van der Waals surface area contributed by atoms with Crippen molar-refractivity contribution in [3.05, 3.63) is 29.3 Å². The van der Waals surface area contributed by atoms with Crippen molar-refractivity contribution >= 4 is 17.4 Å². The number of hydrogen-bond acceptors (Lipinski definition) is 5. The molecule has 18 heavy (non-hydrogen) atoms. The summed E-state index contributed by atoms with van der Waals surface area (Å²) in [6, 6.07) is 6.06. The number of carbonyl (C=O) groups excluding carboxylic acids is 2. The fraction of sp³-hybridized carbons (Fsp3) is 0.250. The van der Waals surface area contributed by atoms with Crippen molar-refractivity contribution in [2.45, 2.75) is 18.6 Å². The zero-order valence-corrected chi connectivity index (χ0v) is 9.25. The minimum absolute atomic E-state index is 0.167. The van der Waals surface area contributed by atoms with Gasteiger partial charge in [-0.1, -0.05) is 6.07 Å². The molecule has 0 saturated carbocycles. The molecule has 2 rings (SSSR count). The van der Waals surface area contributed by atoms with Gasteiger partial charge >= 0.3 is 0 Å². The number of ketones is 1. The molecule has 2 atom stereocenters. The first-order valence-electron chi connectivity index (χ1n) is 5.27. The van der Waals surface area contributed by atoms with Crippen LogP contribution in [0.15, 0.2) is 18.2 Å². The Morgan fingerprint density at radius 3 is 2.72 bits per heavy atom. The minimum Gasteiger partial charge on any atom is -0.389 e. The van der Waals surface area contributed by atoms with E-state index in [4.69, 9.17) is 5.26 Å². The van der Waals surface area contributed by atoms with Crippen molar-refractivity contribution in [3.63, 3.8) is 0 Å². The highest BCUT2D eigenvalue weighted by atomic mass is 16.3. The van der Waals surface area contributed by atoms with E-state index >= 15 is 0 Å². The molecule has 0 fully saturated rings. The van der Waals surface area contributed by atoms with Gasteiger partial charge in [-0.15, -0.1) is 0 Å². The lowest BCUT2D eigenvalue weighted by Gasteiger charge is -2.16. The highest BCUT2D eigenvalue weighted by molar-refractivity contribution is 6.51. The zero-order valence-electron chi connectivity index (χ0n) is 9.25. The van der Waals surface area contributed by atoms with Crippen LogP contribution in [0.4, 0.5) is 5.69 Å². The summed E-state index contributed by atoms with van der Waals surface area (Å²) in [5.41, 5.74) is 0.845. The summed E-state index contributed by atoms with van der Waals surface area (Å²) < 4.78 is 0. The van der Waals surface area contributed by atoms with Crippen LogP contribution in [0.1, 0.15) is 28.4 Å². The summed E-state index contributed by atoms with van der Waals surface area (Å²) in [4.78, 5) is 22.6. The fourth-order valence-corrected chi connectivity index (χ4v) is 1.77. The van der Waals surface area contributed by atoms with Crippen molar-refractivity contribution in [1.29, 1.82) is 5.26 Å². The predicted octanol–water partition coefficient (Wildman–Crippen LogP) is 0.129. The number of hydrogen-bond donors (Lipinski definition) is 3. The quantitative estimate of drug-likeness (QED) is 0.656. The number of aliphatic hydroxyl groups is 2. The van der Waals surface area contributed by atoms with Gasteiger partial charge in [0, 0.05) is 0 Å². The zero-order chi connectivity index (χ0) is 13.3. The topological polar surface area (TPSA) is 110 Å². The Kier molecular flexibility index (Phi) is 3.10. The summed E-state index contributed by atoms with van der Waals surface area (Å²) >= 11 is 0. The van der Waals surface area contributed by atoms with Crippen LogP contribution in [0.5, 0.6) is 0 Å². The van der Waals surface area contributed by atoms with Crippen LogP contribution >= 0.6 is 0 Å². The number of carbonyl (C=O) groups is 2. The fourth-order valence-electron chi connectivity index (χ4n) is 1.77. The molecule has 1 aromatic rings. The third-order valence-electron chi connectivity index (χ3n) is 2.75. The molecule has 1 aliphatic heterocycles. The van der Waals surface area contributed by atoms with Crippen LogP contribution in [-0.4, -0.2) is 28.0 Å². The molecule has 1 aromatic carbocycles. The van der Waals surface area contributed by atoms with E-state index in [0.29, 0.717) is 11.3 Å². The average Bonchev–Trinajstić information content (AvgIpc) is 2.64. The number of nitriles is 1. The highest BCUT2D eigenvalue weighted by Crippen LogP contribution is 2.28. The molecule has 0 bridgehead atoms. The van der Waals surface area contributed by atoms with Crippen LogP contribution in [0.2, 0.25) is 0 Å². The number of benzene rings is 1. The molecule has 0 saturated heterocycles. The second-order valence-electron chi connectivity index (χ2n) is 3.96. The second kappa shape index (κ2) is 4.56. The van der Waals surface area contributed by atoms with E-state index in [-0.39, 0.29) is 12.0 Å². The van der Waals surface area contributed by atoms with Crippen LogP contribution < -0.4 is 5.32 Å². The lowest BCUT2D eigenvalue weighted by atomic mass is 9.99. The van der Waals surface area contributed by atoms with Gasteiger partial charge in [-0.05, 0) is 17.7 Å². The lowest BCUT2D eigenvalue weighted by Crippen LogP contribution is -2.17. The smallest absolute Gasteiger partial charge is 0.296 e. The van der Waals surface area contributed by atoms with Crippen molar-refractivity contribution < 1.29 is 19.8 Å². The van der Waals surface area contributed by atoms with E-state index < -0.39 is 23.9 Å². The maximum absolute atomic E-state index is 11.5. The first-order valence-corrected chi connectivity index (χ1v) is 5.27. The maximum Gasteiger partial charge on any atom is 0.296 e. The molecule has 0 radical (unpaired) electrons. The molecule has 1 amide bonds. The molecule has 0 aromatic heterocycles. The van der Waals surface area contributed by atoms with E-state index in [1.807, 2.05) is 0 Å². The van der Waals surface area contributed by atoms with Crippen LogP contribution in [0.3, 0.4) is 0 Å². The first kappa shape index (κ1) is 12.2. The van der Waals surface area contributed by atoms with E-state index in [1.165, 1.54) is 18.2 Å². The average molecular weight is 246 g/mol. The molecule has 6 nitrogen and oxygen atoms in total. The Hall–Kier alpha value is -2.23. The molecule has 0 aliphatic carbocycles. The molecular formula is C12H10N2O4. The monoisotopic (exact) mass is 246 g/mol. The number of anilines is 1. The predicted molar refractivity (Wildman–Crippen MR) is 60.6 cm³/mol. The molecule has 3 N–H and O–H groups in total. The number of nitrogens with zero attached hydrogens (tertiary/aromatic N) is 1. The van der Waals surface area contributed by atoms with Crippen molar-refractivity contribution in [2.75, 3.05) is 5.32 Å². The van der Waals surface area contributed by atoms with Gasteiger partial charge in [-0.3, -0.25) is 9.59 Å². The third-order valence-corrected chi connectivity index (χ3v) is 2.75.